The Hall–Kier alpha value is -2.15. The van der Waals surface area contributed by atoms with Gasteiger partial charge in [-0.25, -0.2) is 0 Å². The van der Waals surface area contributed by atoms with Crippen LogP contribution < -0.4 is 10.1 Å². The highest BCUT2D eigenvalue weighted by Crippen LogP contribution is 2.44. The van der Waals surface area contributed by atoms with Crippen LogP contribution in [0, 0.1) is 15.5 Å². The quantitative estimate of drug-likeness (QED) is 0.586. The standard InChI is InChI=1S/C14H18N2O5/c1-2-21-11-5-3-4-10(16(19)20)12(11)13(18)15-8-14(9-17)6-7-14/h3-5,17H,2,6-9H2,1H3,(H,15,18). The number of aliphatic hydroxyl groups is 1. The average Bonchev–Trinajstić information content (AvgIpc) is 3.25. The second-order valence-electron chi connectivity index (χ2n) is 5.18. The predicted molar refractivity (Wildman–Crippen MR) is 75.4 cm³/mol. The minimum Gasteiger partial charge on any atom is -0.493 e. The van der Waals surface area contributed by atoms with E-state index in [0.717, 1.165) is 12.8 Å². The molecule has 0 heterocycles. The highest BCUT2D eigenvalue weighted by atomic mass is 16.6. The van der Waals surface area contributed by atoms with Crippen LogP contribution in [0.25, 0.3) is 0 Å². The van der Waals surface area contributed by atoms with Crippen molar-refractivity contribution in [2.24, 2.45) is 5.41 Å². The van der Waals surface area contributed by atoms with E-state index in [9.17, 15) is 20.0 Å². The van der Waals surface area contributed by atoms with Gasteiger partial charge in [0, 0.05) is 18.0 Å². The maximum absolute atomic E-state index is 12.3. The van der Waals surface area contributed by atoms with Gasteiger partial charge in [-0.3, -0.25) is 14.9 Å². The van der Waals surface area contributed by atoms with Crippen LogP contribution in [0.1, 0.15) is 30.1 Å². The van der Waals surface area contributed by atoms with Crippen LogP contribution in [0.5, 0.6) is 5.75 Å². The van der Waals surface area contributed by atoms with Crippen LogP contribution in [0.3, 0.4) is 0 Å². The van der Waals surface area contributed by atoms with Gasteiger partial charge < -0.3 is 15.2 Å². The number of hydrogen-bond donors (Lipinski definition) is 2. The lowest BCUT2D eigenvalue weighted by molar-refractivity contribution is -0.385. The number of nitro benzene ring substituents is 1. The fourth-order valence-corrected chi connectivity index (χ4v) is 2.10. The first-order chi connectivity index (χ1) is 10.0. The number of carbonyl (C=O) groups is 1. The van der Waals surface area contributed by atoms with Gasteiger partial charge in [0.05, 0.1) is 18.1 Å². The molecule has 0 radical (unpaired) electrons. The van der Waals surface area contributed by atoms with Crippen LogP contribution in [0.2, 0.25) is 0 Å². The highest BCUT2D eigenvalue weighted by molar-refractivity contribution is 6.00. The van der Waals surface area contributed by atoms with Gasteiger partial charge in [0.1, 0.15) is 5.75 Å². The third-order valence-electron chi connectivity index (χ3n) is 3.64. The Morgan fingerprint density at radius 1 is 1.52 bits per heavy atom. The van der Waals surface area contributed by atoms with Crippen LogP contribution in [-0.2, 0) is 0 Å². The van der Waals surface area contributed by atoms with Crippen molar-refractivity contribution < 1.29 is 19.6 Å². The molecule has 114 valence electrons. The molecule has 0 unspecified atom stereocenters. The number of benzene rings is 1. The summed E-state index contributed by atoms with van der Waals surface area (Å²) in [6.45, 7) is 2.36. The van der Waals surface area contributed by atoms with Crippen molar-refractivity contribution >= 4 is 11.6 Å². The van der Waals surface area contributed by atoms with E-state index in [4.69, 9.17) is 4.74 Å². The number of carbonyl (C=O) groups excluding carboxylic acids is 1. The zero-order valence-corrected chi connectivity index (χ0v) is 11.8. The number of aliphatic hydroxyl groups excluding tert-OH is 1. The summed E-state index contributed by atoms with van der Waals surface area (Å²) in [6, 6.07) is 4.29. The van der Waals surface area contributed by atoms with E-state index >= 15 is 0 Å². The Morgan fingerprint density at radius 3 is 2.76 bits per heavy atom. The predicted octanol–water partition coefficient (Wildman–Crippen LogP) is 1.50. The largest absolute Gasteiger partial charge is 0.493 e. The van der Waals surface area contributed by atoms with E-state index in [1.54, 1.807) is 6.92 Å². The molecular formula is C14H18N2O5. The number of nitrogens with zero attached hydrogens (tertiary/aromatic N) is 1. The molecule has 1 fully saturated rings. The van der Waals surface area contributed by atoms with Crippen molar-refractivity contribution in [2.45, 2.75) is 19.8 Å². The summed E-state index contributed by atoms with van der Waals surface area (Å²) in [4.78, 5) is 22.8. The maximum Gasteiger partial charge on any atom is 0.285 e. The molecule has 0 spiro atoms. The third-order valence-corrected chi connectivity index (χ3v) is 3.64. The Labute approximate surface area is 122 Å². The van der Waals surface area contributed by atoms with E-state index in [0.29, 0.717) is 13.2 Å². The van der Waals surface area contributed by atoms with Crippen molar-refractivity contribution in [3.63, 3.8) is 0 Å². The van der Waals surface area contributed by atoms with Crippen molar-refractivity contribution in [3.8, 4) is 5.75 Å². The van der Waals surface area contributed by atoms with Gasteiger partial charge in [0.2, 0.25) is 0 Å². The van der Waals surface area contributed by atoms with Crippen molar-refractivity contribution in [1.82, 2.24) is 5.32 Å². The number of rotatable bonds is 7. The van der Waals surface area contributed by atoms with E-state index in [-0.39, 0.29) is 29.0 Å². The lowest BCUT2D eigenvalue weighted by atomic mass is 10.1. The van der Waals surface area contributed by atoms with Crippen LogP contribution in [-0.4, -0.2) is 35.7 Å². The smallest absolute Gasteiger partial charge is 0.285 e. The van der Waals surface area contributed by atoms with Gasteiger partial charge in [-0.2, -0.15) is 0 Å². The molecule has 0 aliphatic heterocycles. The summed E-state index contributed by atoms with van der Waals surface area (Å²) in [5.74, 6) is -0.358. The van der Waals surface area contributed by atoms with Crippen molar-refractivity contribution in [3.05, 3.63) is 33.9 Å². The minimum atomic E-state index is -0.601. The molecule has 0 saturated heterocycles. The zero-order valence-electron chi connectivity index (χ0n) is 11.8. The van der Waals surface area contributed by atoms with Gasteiger partial charge in [-0.15, -0.1) is 0 Å². The molecule has 0 bridgehead atoms. The normalized spacial score (nSPS) is 15.3. The van der Waals surface area contributed by atoms with E-state index < -0.39 is 10.8 Å². The Kier molecular flexibility index (Phi) is 4.42. The van der Waals surface area contributed by atoms with Gasteiger partial charge >= 0.3 is 0 Å². The van der Waals surface area contributed by atoms with Crippen LogP contribution in [0.15, 0.2) is 18.2 Å². The first kappa shape index (κ1) is 15.2. The summed E-state index contributed by atoms with van der Waals surface area (Å²) in [5.41, 5.74) is -0.615. The third kappa shape index (κ3) is 3.30. The molecule has 1 aliphatic carbocycles. The molecule has 7 heteroatoms. The summed E-state index contributed by atoms with van der Waals surface area (Å²) in [6.07, 6.45) is 1.69. The highest BCUT2D eigenvalue weighted by Gasteiger charge is 2.42. The minimum absolute atomic E-state index is 0.00246. The maximum atomic E-state index is 12.3. The molecule has 2 rings (SSSR count). The summed E-state index contributed by atoms with van der Waals surface area (Å²) in [7, 11) is 0. The van der Waals surface area contributed by atoms with Gasteiger partial charge in [0.15, 0.2) is 5.56 Å². The van der Waals surface area contributed by atoms with Crippen molar-refractivity contribution in [1.29, 1.82) is 0 Å². The van der Waals surface area contributed by atoms with Crippen LogP contribution in [0.4, 0.5) is 5.69 Å². The lowest BCUT2D eigenvalue weighted by Gasteiger charge is -2.14. The molecule has 1 aromatic carbocycles. The second kappa shape index (κ2) is 6.09. The summed E-state index contributed by atoms with van der Waals surface area (Å²) in [5, 5.41) is 23.0. The fourth-order valence-electron chi connectivity index (χ4n) is 2.10. The molecule has 0 atom stereocenters. The average molecular weight is 294 g/mol. The number of nitrogens with one attached hydrogen (secondary N) is 1. The van der Waals surface area contributed by atoms with Gasteiger partial charge in [0.25, 0.3) is 11.6 Å². The first-order valence-corrected chi connectivity index (χ1v) is 6.82. The molecule has 7 nitrogen and oxygen atoms in total. The number of hydrogen-bond acceptors (Lipinski definition) is 5. The van der Waals surface area contributed by atoms with Crippen molar-refractivity contribution in [2.75, 3.05) is 19.8 Å². The zero-order chi connectivity index (χ0) is 15.5. The second-order valence-corrected chi connectivity index (χ2v) is 5.18. The molecule has 1 aromatic rings. The Balaban J connectivity index is 2.23. The van der Waals surface area contributed by atoms with E-state index in [1.807, 2.05) is 0 Å². The molecule has 21 heavy (non-hydrogen) atoms. The topological polar surface area (TPSA) is 102 Å². The summed E-state index contributed by atoms with van der Waals surface area (Å²) >= 11 is 0. The van der Waals surface area contributed by atoms with Gasteiger partial charge in [-0.1, -0.05) is 6.07 Å². The first-order valence-electron chi connectivity index (χ1n) is 6.82. The number of ether oxygens (including phenoxy) is 1. The Morgan fingerprint density at radius 2 is 2.24 bits per heavy atom. The Bertz CT molecular complexity index is 554. The molecule has 0 aromatic heterocycles. The fraction of sp³-hybridized carbons (Fsp3) is 0.500. The molecule has 1 saturated carbocycles. The monoisotopic (exact) mass is 294 g/mol. The molecule has 2 N–H and O–H groups in total. The molecule has 1 amide bonds. The molecule has 1 aliphatic rings. The number of nitro groups is 1. The lowest BCUT2D eigenvalue weighted by Crippen LogP contribution is -2.32. The SMILES string of the molecule is CCOc1cccc([N+](=O)[O-])c1C(=O)NCC1(CO)CC1. The number of amides is 1. The van der Waals surface area contributed by atoms with E-state index in [2.05, 4.69) is 5.32 Å². The molecular weight excluding hydrogens is 276 g/mol. The van der Waals surface area contributed by atoms with Crippen LogP contribution >= 0.6 is 0 Å². The summed E-state index contributed by atoms with van der Waals surface area (Å²) < 4.78 is 5.31. The van der Waals surface area contributed by atoms with Gasteiger partial charge in [-0.05, 0) is 25.8 Å². The van der Waals surface area contributed by atoms with E-state index in [1.165, 1.54) is 18.2 Å².